The standard InChI is InChI=1S/C20H12Cl2FN3O2S2/c21-11-2-1-3-13(8-11)26-19(28)18-16(6-7-29-18)25-20(26)30-10-17(27)24-15-5-4-12(22)9-14(15)23/h1-9H,10H2,(H,24,27). The number of fused-ring (bicyclic) bond motifs is 1. The summed E-state index contributed by atoms with van der Waals surface area (Å²) in [5, 5.41) is 5.32. The topological polar surface area (TPSA) is 64.0 Å². The monoisotopic (exact) mass is 479 g/mol. The molecule has 30 heavy (non-hydrogen) atoms. The van der Waals surface area contributed by atoms with Crippen molar-refractivity contribution in [2.45, 2.75) is 5.16 Å². The van der Waals surface area contributed by atoms with Gasteiger partial charge in [-0.2, -0.15) is 0 Å². The van der Waals surface area contributed by atoms with Crippen LogP contribution in [0.1, 0.15) is 0 Å². The van der Waals surface area contributed by atoms with E-state index in [1.54, 1.807) is 35.7 Å². The number of nitrogens with one attached hydrogen (secondary N) is 1. The molecule has 0 unspecified atom stereocenters. The summed E-state index contributed by atoms with van der Waals surface area (Å²) in [6, 6.07) is 12.6. The SMILES string of the molecule is O=C(CSc1nc2ccsc2c(=O)n1-c1cccc(Cl)c1)Nc1ccc(Cl)cc1F. The third-order valence-electron chi connectivity index (χ3n) is 4.05. The quantitative estimate of drug-likeness (QED) is 0.297. The number of halogens is 3. The molecule has 0 spiro atoms. The predicted octanol–water partition coefficient (Wildman–Crippen LogP) is 5.62. The van der Waals surface area contributed by atoms with Crippen molar-refractivity contribution in [1.29, 1.82) is 0 Å². The summed E-state index contributed by atoms with van der Waals surface area (Å²) in [4.78, 5) is 29.9. The van der Waals surface area contributed by atoms with Gasteiger partial charge in [0.2, 0.25) is 5.91 Å². The Hall–Kier alpha value is -2.39. The fourth-order valence-corrected chi connectivity index (χ4v) is 4.65. The van der Waals surface area contributed by atoms with Gasteiger partial charge in [0.1, 0.15) is 10.5 Å². The number of rotatable bonds is 5. The van der Waals surface area contributed by atoms with Gasteiger partial charge in [-0.05, 0) is 47.8 Å². The van der Waals surface area contributed by atoms with Crippen LogP contribution in [0, 0.1) is 5.82 Å². The number of hydrogen-bond donors (Lipinski definition) is 1. The minimum atomic E-state index is -0.630. The molecule has 0 bridgehead atoms. The number of hydrogen-bond acceptors (Lipinski definition) is 5. The van der Waals surface area contributed by atoms with Gasteiger partial charge in [0, 0.05) is 10.0 Å². The molecule has 0 saturated carbocycles. The summed E-state index contributed by atoms with van der Waals surface area (Å²) >= 11 is 14.2. The molecular formula is C20H12Cl2FN3O2S2. The molecule has 0 aliphatic heterocycles. The first kappa shape index (κ1) is 20.9. The molecular weight excluding hydrogens is 468 g/mol. The second-order valence-corrected chi connectivity index (χ2v) is 8.84. The number of benzene rings is 2. The largest absolute Gasteiger partial charge is 0.323 e. The smallest absolute Gasteiger partial charge is 0.276 e. The normalized spacial score (nSPS) is 11.0. The highest BCUT2D eigenvalue weighted by Gasteiger charge is 2.16. The number of anilines is 1. The molecule has 2 aromatic heterocycles. The summed E-state index contributed by atoms with van der Waals surface area (Å²) in [6.07, 6.45) is 0. The van der Waals surface area contributed by atoms with Crippen molar-refractivity contribution in [3.05, 3.63) is 80.1 Å². The van der Waals surface area contributed by atoms with Crippen molar-refractivity contribution in [3.63, 3.8) is 0 Å². The highest BCUT2D eigenvalue weighted by Crippen LogP contribution is 2.25. The first-order valence-electron chi connectivity index (χ1n) is 8.56. The average molecular weight is 480 g/mol. The van der Waals surface area contributed by atoms with Crippen LogP contribution < -0.4 is 10.9 Å². The molecule has 0 radical (unpaired) electrons. The number of thiophene rings is 1. The second kappa shape index (κ2) is 8.77. The molecule has 2 heterocycles. The summed E-state index contributed by atoms with van der Waals surface area (Å²) < 4.78 is 15.8. The molecule has 0 saturated heterocycles. The van der Waals surface area contributed by atoms with E-state index in [9.17, 15) is 14.0 Å². The molecule has 10 heteroatoms. The molecule has 4 rings (SSSR count). The number of nitrogens with zero attached hydrogens (tertiary/aromatic N) is 2. The van der Waals surface area contributed by atoms with E-state index in [0.717, 1.165) is 17.8 Å². The van der Waals surface area contributed by atoms with Crippen LogP contribution in [0.3, 0.4) is 0 Å². The zero-order valence-corrected chi connectivity index (χ0v) is 18.2. The van der Waals surface area contributed by atoms with E-state index in [1.165, 1.54) is 28.0 Å². The number of amides is 1. The molecule has 5 nitrogen and oxygen atoms in total. The summed E-state index contributed by atoms with van der Waals surface area (Å²) in [5.74, 6) is -1.15. The summed E-state index contributed by atoms with van der Waals surface area (Å²) in [6.45, 7) is 0. The van der Waals surface area contributed by atoms with Crippen molar-refractivity contribution < 1.29 is 9.18 Å². The van der Waals surface area contributed by atoms with E-state index >= 15 is 0 Å². The first-order chi connectivity index (χ1) is 14.4. The molecule has 1 amide bonds. The molecule has 2 aromatic carbocycles. The number of aromatic nitrogens is 2. The van der Waals surface area contributed by atoms with Gasteiger partial charge in [-0.25, -0.2) is 9.37 Å². The fourth-order valence-electron chi connectivity index (χ4n) is 2.74. The fraction of sp³-hybridized carbons (Fsp3) is 0.0500. The Bertz CT molecular complexity index is 1320. The Morgan fingerprint density at radius 3 is 2.73 bits per heavy atom. The van der Waals surface area contributed by atoms with Gasteiger partial charge in [0.15, 0.2) is 5.16 Å². The lowest BCUT2D eigenvalue weighted by Crippen LogP contribution is -2.22. The van der Waals surface area contributed by atoms with Crippen LogP contribution in [0.25, 0.3) is 15.9 Å². The Morgan fingerprint density at radius 1 is 1.17 bits per heavy atom. The Labute approximate surface area is 188 Å². The lowest BCUT2D eigenvalue weighted by molar-refractivity contribution is -0.113. The van der Waals surface area contributed by atoms with Crippen LogP contribution in [0.2, 0.25) is 10.0 Å². The van der Waals surface area contributed by atoms with Gasteiger partial charge < -0.3 is 5.32 Å². The number of carbonyl (C=O) groups excluding carboxylic acids is 1. The summed E-state index contributed by atoms with van der Waals surface area (Å²) in [7, 11) is 0. The third-order valence-corrected chi connectivity index (χ3v) is 6.35. The maximum absolute atomic E-state index is 13.9. The Balaban J connectivity index is 1.64. The van der Waals surface area contributed by atoms with E-state index in [1.807, 2.05) is 0 Å². The average Bonchev–Trinajstić information content (AvgIpc) is 3.17. The zero-order valence-electron chi connectivity index (χ0n) is 15.1. The van der Waals surface area contributed by atoms with Crippen LogP contribution in [0.5, 0.6) is 0 Å². The van der Waals surface area contributed by atoms with Gasteiger partial charge in [0.25, 0.3) is 5.56 Å². The van der Waals surface area contributed by atoms with Crippen LogP contribution in [-0.4, -0.2) is 21.2 Å². The highest BCUT2D eigenvalue weighted by atomic mass is 35.5. The van der Waals surface area contributed by atoms with E-state index in [4.69, 9.17) is 23.2 Å². The maximum atomic E-state index is 13.9. The lowest BCUT2D eigenvalue weighted by Gasteiger charge is -2.12. The zero-order chi connectivity index (χ0) is 21.3. The van der Waals surface area contributed by atoms with Crippen molar-refractivity contribution in [1.82, 2.24) is 9.55 Å². The first-order valence-corrected chi connectivity index (χ1v) is 11.2. The van der Waals surface area contributed by atoms with Crippen molar-refractivity contribution in [2.75, 3.05) is 11.1 Å². The molecule has 0 aliphatic carbocycles. The molecule has 4 aromatic rings. The van der Waals surface area contributed by atoms with E-state index in [0.29, 0.717) is 26.1 Å². The van der Waals surface area contributed by atoms with E-state index < -0.39 is 11.7 Å². The van der Waals surface area contributed by atoms with Crippen LogP contribution in [0.4, 0.5) is 10.1 Å². The van der Waals surface area contributed by atoms with Crippen molar-refractivity contribution >= 4 is 68.1 Å². The molecule has 0 fully saturated rings. The predicted molar refractivity (Wildman–Crippen MR) is 121 cm³/mol. The highest BCUT2D eigenvalue weighted by molar-refractivity contribution is 7.99. The van der Waals surface area contributed by atoms with Crippen molar-refractivity contribution in [2.24, 2.45) is 0 Å². The van der Waals surface area contributed by atoms with E-state index in [2.05, 4.69) is 10.3 Å². The van der Waals surface area contributed by atoms with Crippen LogP contribution in [-0.2, 0) is 4.79 Å². The van der Waals surface area contributed by atoms with Gasteiger partial charge in [-0.3, -0.25) is 14.2 Å². The molecule has 152 valence electrons. The van der Waals surface area contributed by atoms with Gasteiger partial charge in [-0.1, -0.05) is 41.0 Å². The molecule has 0 atom stereocenters. The Morgan fingerprint density at radius 2 is 1.97 bits per heavy atom. The van der Waals surface area contributed by atoms with Gasteiger partial charge in [0.05, 0.1) is 22.6 Å². The van der Waals surface area contributed by atoms with Crippen LogP contribution in [0.15, 0.2) is 63.9 Å². The van der Waals surface area contributed by atoms with Crippen LogP contribution >= 0.6 is 46.3 Å². The minimum absolute atomic E-state index is 0.0264. The van der Waals surface area contributed by atoms with Gasteiger partial charge in [-0.15, -0.1) is 11.3 Å². The Kier molecular flexibility index (Phi) is 6.10. The molecule has 0 aliphatic rings. The number of carbonyl (C=O) groups is 1. The molecule has 1 N–H and O–H groups in total. The van der Waals surface area contributed by atoms with E-state index in [-0.39, 0.29) is 22.0 Å². The summed E-state index contributed by atoms with van der Waals surface area (Å²) in [5.41, 5.74) is 0.874. The lowest BCUT2D eigenvalue weighted by atomic mass is 10.3. The minimum Gasteiger partial charge on any atom is -0.323 e. The maximum Gasteiger partial charge on any atom is 0.276 e. The third kappa shape index (κ3) is 4.37. The van der Waals surface area contributed by atoms with Gasteiger partial charge >= 0.3 is 0 Å². The second-order valence-electron chi connectivity index (χ2n) is 6.11. The number of thioether (sulfide) groups is 1. The van der Waals surface area contributed by atoms with Crippen molar-refractivity contribution in [3.8, 4) is 5.69 Å².